The highest BCUT2D eigenvalue weighted by atomic mass is 16.6. The standard InChI is InChI=1S/C23H17N3O4/c27-22-18-10-9-16(26(29)30)12-19(18)23(28)25(22)13-21-17-7-3-1-5-14(17)11-15-6-2-4-8-20(15)24-21/h1-10,12,21,24H,11,13H2. The summed E-state index contributed by atoms with van der Waals surface area (Å²) in [6.07, 6.45) is 0.754. The normalized spacial score (nSPS) is 16.9. The average molecular weight is 399 g/mol. The Morgan fingerprint density at radius 1 is 0.933 bits per heavy atom. The largest absolute Gasteiger partial charge is 0.376 e. The Hall–Kier alpha value is -4.00. The lowest BCUT2D eigenvalue weighted by Crippen LogP contribution is -2.36. The number of non-ortho nitro benzene ring substituents is 1. The topological polar surface area (TPSA) is 92.5 Å². The van der Waals surface area contributed by atoms with Gasteiger partial charge in [0.1, 0.15) is 0 Å². The number of imide groups is 1. The molecule has 0 fully saturated rings. The minimum absolute atomic E-state index is 0.0801. The third-order valence-corrected chi connectivity index (χ3v) is 5.69. The number of nitro benzene ring substituents is 1. The van der Waals surface area contributed by atoms with Gasteiger partial charge in [0.05, 0.1) is 28.6 Å². The molecule has 148 valence electrons. The zero-order chi connectivity index (χ0) is 20.8. The van der Waals surface area contributed by atoms with E-state index in [0.717, 1.165) is 28.8 Å². The minimum Gasteiger partial charge on any atom is -0.376 e. The lowest BCUT2D eigenvalue weighted by atomic mass is 9.97. The highest BCUT2D eigenvalue weighted by Gasteiger charge is 2.38. The Morgan fingerprint density at radius 3 is 2.43 bits per heavy atom. The van der Waals surface area contributed by atoms with Crippen LogP contribution in [0.2, 0.25) is 0 Å². The molecule has 5 rings (SSSR count). The second kappa shape index (κ2) is 6.81. The molecule has 2 aliphatic rings. The lowest BCUT2D eigenvalue weighted by Gasteiger charge is -2.25. The number of amides is 2. The molecule has 0 aromatic heterocycles. The van der Waals surface area contributed by atoms with Crippen molar-refractivity contribution >= 4 is 23.2 Å². The quantitative estimate of drug-likeness (QED) is 0.409. The van der Waals surface area contributed by atoms with E-state index in [1.165, 1.54) is 23.1 Å². The van der Waals surface area contributed by atoms with E-state index in [2.05, 4.69) is 17.4 Å². The number of nitrogens with one attached hydrogen (secondary N) is 1. The van der Waals surface area contributed by atoms with E-state index in [-0.39, 0.29) is 29.4 Å². The Bertz CT molecular complexity index is 1220. The van der Waals surface area contributed by atoms with Gasteiger partial charge < -0.3 is 5.32 Å². The summed E-state index contributed by atoms with van der Waals surface area (Å²) in [5.74, 6) is -0.933. The molecule has 0 saturated heterocycles. The highest BCUT2D eigenvalue weighted by molar-refractivity contribution is 6.21. The first-order chi connectivity index (χ1) is 14.5. The zero-order valence-electron chi connectivity index (χ0n) is 15.9. The number of hydrogen-bond donors (Lipinski definition) is 1. The third-order valence-electron chi connectivity index (χ3n) is 5.69. The van der Waals surface area contributed by atoms with Gasteiger partial charge in [-0.3, -0.25) is 24.6 Å². The van der Waals surface area contributed by atoms with Crippen LogP contribution in [0.15, 0.2) is 66.7 Å². The highest BCUT2D eigenvalue weighted by Crippen LogP contribution is 2.34. The van der Waals surface area contributed by atoms with Gasteiger partial charge >= 0.3 is 0 Å². The van der Waals surface area contributed by atoms with Crippen LogP contribution in [0.4, 0.5) is 11.4 Å². The SMILES string of the molecule is O=C1c2ccc([N+](=O)[O-])cc2C(=O)N1CC1Nc2ccccc2Cc2ccccc21. The number of anilines is 1. The first-order valence-corrected chi connectivity index (χ1v) is 9.60. The van der Waals surface area contributed by atoms with Gasteiger partial charge in [-0.1, -0.05) is 42.5 Å². The molecule has 2 aliphatic heterocycles. The van der Waals surface area contributed by atoms with E-state index in [4.69, 9.17) is 0 Å². The van der Waals surface area contributed by atoms with Gasteiger partial charge in [-0.15, -0.1) is 0 Å². The molecule has 0 aliphatic carbocycles. The maximum absolute atomic E-state index is 13.0. The van der Waals surface area contributed by atoms with Crippen molar-refractivity contribution < 1.29 is 14.5 Å². The van der Waals surface area contributed by atoms with E-state index in [1.807, 2.05) is 36.4 Å². The van der Waals surface area contributed by atoms with Crippen molar-refractivity contribution in [2.24, 2.45) is 0 Å². The Labute approximate surface area is 172 Å². The van der Waals surface area contributed by atoms with Crippen LogP contribution in [-0.4, -0.2) is 28.2 Å². The summed E-state index contributed by atoms with van der Waals surface area (Å²) >= 11 is 0. The molecule has 1 N–H and O–H groups in total. The number of nitro groups is 1. The van der Waals surface area contributed by atoms with Crippen molar-refractivity contribution in [3.63, 3.8) is 0 Å². The number of carbonyl (C=O) groups is 2. The van der Waals surface area contributed by atoms with Crippen LogP contribution in [0.3, 0.4) is 0 Å². The van der Waals surface area contributed by atoms with Gasteiger partial charge in [-0.25, -0.2) is 0 Å². The van der Waals surface area contributed by atoms with E-state index >= 15 is 0 Å². The van der Waals surface area contributed by atoms with Crippen molar-refractivity contribution in [3.8, 4) is 0 Å². The van der Waals surface area contributed by atoms with Gasteiger partial charge in [0.2, 0.25) is 0 Å². The van der Waals surface area contributed by atoms with Gasteiger partial charge in [0.15, 0.2) is 0 Å². The summed E-state index contributed by atoms with van der Waals surface area (Å²) < 4.78 is 0. The van der Waals surface area contributed by atoms with Crippen molar-refractivity contribution in [1.82, 2.24) is 4.90 Å². The molecule has 30 heavy (non-hydrogen) atoms. The monoisotopic (exact) mass is 399 g/mol. The maximum atomic E-state index is 13.0. The number of nitrogens with zero attached hydrogens (tertiary/aromatic N) is 2. The number of para-hydroxylation sites is 1. The Balaban J connectivity index is 1.51. The molecular formula is C23H17N3O4. The van der Waals surface area contributed by atoms with Gasteiger partial charge in [0.25, 0.3) is 17.5 Å². The molecule has 7 nitrogen and oxygen atoms in total. The van der Waals surface area contributed by atoms with Gasteiger partial charge in [0, 0.05) is 17.8 Å². The van der Waals surface area contributed by atoms with E-state index in [1.54, 1.807) is 0 Å². The number of fused-ring (bicyclic) bond motifs is 3. The Kier molecular flexibility index (Phi) is 4.10. The van der Waals surface area contributed by atoms with Crippen LogP contribution < -0.4 is 5.32 Å². The summed E-state index contributed by atoms with van der Waals surface area (Å²) in [7, 11) is 0. The fourth-order valence-corrected chi connectivity index (χ4v) is 4.21. The second-order valence-corrected chi connectivity index (χ2v) is 7.44. The summed E-state index contributed by atoms with van der Waals surface area (Å²) in [5.41, 5.74) is 4.34. The van der Waals surface area contributed by atoms with E-state index in [9.17, 15) is 19.7 Å². The average Bonchev–Trinajstić information content (AvgIpc) is 2.90. The molecule has 0 radical (unpaired) electrons. The van der Waals surface area contributed by atoms with Crippen molar-refractivity contribution in [2.45, 2.75) is 12.5 Å². The summed E-state index contributed by atoms with van der Waals surface area (Å²) in [6.45, 7) is 0.130. The fourth-order valence-electron chi connectivity index (χ4n) is 4.21. The first-order valence-electron chi connectivity index (χ1n) is 9.60. The lowest BCUT2D eigenvalue weighted by molar-refractivity contribution is -0.384. The van der Waals surface area contributed by atoms with Crippen LogP contribution in [0.1, 0.15) is 43.4 Å². The van der Waals surface area contributed by atoms with Crippen molar-refractivity contribution in [1.29, 1.82) is 0 Å². The van der Waals surface area contributed by atoms with Crippen LogP contribution in [0.25, 0.3) is 0 Å². The van der Waals surface area contributed by atoms with Crippen molar-refractivity contribution in [2.75, 3.05) is 11.9 Å². The summed E-state index contributed by atoms with van der Waals surface area (Å²) in [4.78, 5) is 37.5. The molecular weight excluding hydrogens is 382 g/mol. The molecule has 0 spiro atoms. The fraction of sp³-hybridized carbons (Fsp3) is 0.130. The number of rotatable bonds is 3. The molecule has 1 unspecified atom stereocenters. The number of carbonyl (C=O) groups excluding carboxylic acids is 2. The second-order valence-electron chi connectivity index (χ2n) is 7.44. The molecule has 0 bridgehead atoms. The molecule has 3 aromatic rings. The van der Waals surface area contributed by atoms with Crippen LogP contribution >= 0.6 is 0 Å². The molecule has 0 saturated carbocycles. The molecule has 2 heterocycles. The predicted molar refractivity (Wildman–Crippen MR) is 111 cm³/mol. The van der Waals surface area contributed by atoms with Gasteiger partial charge in [-0.2, -0.15) is 0 Å². The third kappa shape index (κ3) is 2.83. The van der Waals surface area contributed by atoms with Crippen molar-refractivity contribution in [3.05, 3.63) is 105 Å². The summed E-state index contributed by atoms with van der Waals surface area (Å²) in [6, 6.07) is 19.4. The molecule has 2 amide bonds. The maximum Gasteiger partial charge on any atom is 0.270 e. The number of benzene rings is 3. The van der Waals surface area contributed by atoms with Crippen LogP contribution in [0.5, 0.6) is 0 Å². The van der Waals surface area contributed by atoms with Crippen LogP contribution in [0, 0.1) is 10.1 Å². The minimum atomic E-state index is -0.569. The molecule has 7 heteroatoms. The first kappa shape index (κ1) is 18.1. The molecule has 3 aromatic carbocycles. The zero-order valence-corrected chi connectivity index (χ0v) is 15.9. The smallest absolute Gasteiger partial charge is 0.270 e. The summed E-state index contributed by atoms with van der Waals surface area (Å²) in [5, 5.41) is 14.6. The molecule has 1 atom stereocenters. The number of hydrogen-bond acceptors (Lipinski definition) is 5. The predicted octanol–water partition coefficient (Wildman–Crippen LogP) is 3.95. The Morgan fingerprint density at radius 2 is 1.63 bits per heavy atom. The van der Waals surface area contributed by atoms with Crippen LogP contribution in [-0.2, 0) is 6.42 Å². The van der Waals surface area contributed by atoms with E-state index in [0.29, 0.717) is 0 Å². The van der Waals surface area contributed by atoms with E-state index < -0.39 is 16.7 Å². The van der Waals surface area contributed by atoms with Gasteiger partial charge in [-0.05, 0) is 35.2 Å².